The second-order valence-corrected chi connectivity index (χ2v) is 9.57. The third-order valence-electron chi connectivity index (χ3n) is 4.65. The van der Waals surface area contributed by atoms with E-state index in [1.807, 2.05) is 0 Å². The van der Waals surface area contributed by atoms with E-state index in [0.717, 1.165) is 51.2 Å². The molecule has 0 saturated carbocycles. The summed E-state index contributed by atoms with van der Waals surface area (Å²) in [6, 6.07) is 0. The van der Waals surface area contributed by atoms with Crippen molar-refractivity contribution in [3.8, 4) is 0 Å². The lowest BCUT2D eigenvalue weighted by molar-refractivity contribution is 0.131. The van der Waals surface area contributed by atoms with Gasteiger partial charge in [0.2, 0.25) is 0 Å². The summed E-state index contributed by atoms with van der Waals surface area (Å²) in [4.78, 5) is 2.21. The van der Waals surface area contributed by atoms with E-state index in [4.69, 9.17) is 0 Å². The van der Waals surface area contributed by atoms with E-state index in [-0.39, 0.29) is 10.8 Å². The van der Waals surface area contributed by atoms with Gasteiger partial charge in [0.05, 0.1) is 0 Å². The zero-order chi connectivity index (χ0) is 15.9. The molecule has 1 rings (SSSR count). The highest BCUT2D eigenvalue weighted by Crippen LogP contribution is 2.30. The molecule has 1 N–H and O–H groups in total. The summed E-state index contributed by atoms with van der Waals surface area (Å²) in [5, 5.41) is 3.23. The molecule has 4 nitrogen and oxygen atoms in total. The standard InChI is InChI=1S/C15H32N2O2S2/c1-5-8-16-12-15(6-2,7-3)13-17-9-10-20-11-14(17)21(4,18)19/h14,16H,5-13H2,1-4H3. The van der Waals surface area contributed by atoms with Crippen LogP contribution in [-0.4, -0.2) is 62.6 Å². The number of rotatable bonds is 9. The van der Waals surface area contributed by atoms with Gasteiger partial charge in [-0.25, -0.2) is 8.42 Å². The van der Waals surface area contributed by atoms with Gasteiger partial charge in [-0.2, -0.15) is 11.8 Å². The molecular weight excluding hydrogens is 304 g/mol. The summed E-state index contributed by atoms with van der Waals surface area (Å²) in [5.74, 6) is 1.75. The zero-order valence-corrected chi connectivity index (χ0v) is 15.7. The summed E-state index contributed by atoms with van der Waals surface area (Å²) in [6.45, 7) is 10.4. The van der Waals surface area contributed by atoms with E-state index in [1.54, 1.807) is 11.8 Å². The van der Waals surface area contributed by atoms with Gasteiger partial charge in [0, 0.05) is 37.4 Å². The minimum atomic E-state index is -3.00. The van der Waals surface area contributed by atoms with Gasteiger partial charge in [0.15, 0.2) is 9.84 Å². The van der Waals surface area contributed by atoms with Crippen LogP contribution in [0.2, 0.25) is 0 Å². The number of hydrogen-bond acceptors (Lipinski definition) is 5. The average Bonchev–Trinajstić information content (AvgIpc) is 2.46. The fraction of sp³-hybridized carbons (Fsp3) is 1.00. The normalized spacial score (nSPS) is 21.6. The molecule has 1 heterocycles. The van der Waals surface area contributed by atoms with Crippen LogP contribution in [-0.2, 0) is 9.84 Å². The molecule has 1 aliphatic rings. The van der Waals surface area contributed by atoms with Crippen molar-refractivity contribution >= 4 is 21.6 Å². The average molecular weight is 337 g/mol. The molecule has 0 aliphatic carbocycles. The second-order valence-electron chi connectivity index (χ2n) is 6.21. The highest BCUT2D eigenvalue weighted by molar-refractivity contribution is 8.00. The number of sulfone groups is 1. The van der Waals surface area contributed by atoms with E-state index < -0.39 is 9.84 Å². The predicted molar refractivity (Wildman–Crippen MR) is 93.7 cm³/mol. The lowest BCUT2D eigenvalue weighted by Crippen LogP contribution is -2.53. The molecule has 1 atom stereocenters. The van der Waals surface area contributed by atoms with Crippen molar-refractivity contribution < 1.29 is 8.42 Å². The highest BCUT2D eigenvalue weighted by Gasteiger charge is 2.36. The Labute approximate surface area is 135 Å². The van der Waals surface area contributed by atoms with Gasteiger partial charge >= 0.3 is 0 Å². The Morgan fingerprint density at radius 2 is 1.95 bits per heavy atom. The molecule has 1 aliphatic heterocycles. The quantitative estimate of drug-likeness (QED) is 0.654. The van der Waals surface area contributed by atoms with Crippen LogP contribution in [0.3, 0.4) is 0 Å². The third-order valence-corrected chi connectivity index (χ3v) is 7.34. The molecule has 0 aromatic carbocycles. The van der Waals surface area contributed by atoms with Crippen molar-refractivity contribution in [1.29, 1.82) is 0 Å². The summed E-state index contributed by atoms with van der Waals surface area (Å²) < 4.78 is 24.1. The Balaban J connectivity index is 2.79. The minimum Gasteiger partial charge on any atom is -0.316 e. The molecule has 0 spiro atoms. The van der Waals surface area contributed by atoms with Gasteiger partial charge in [0.1, 0.15) is 5.37 Å². The van der Waals surface area contributed by atoms with Crippen LogP contribution in [0.4, 0.5) is 0 Å². The van der Waals surface area contributed by atoms with E-state index in [9.17, 15) is 8.42 Å². The summed E-state index contributed by atoms with van der Waals surface area (Å²) in [7, 11) is -3.00. The Hall–Kier alpha value is 0.220. The molecule has 0 amide bonds. The van der Waals surface area contributed by atoms with Crippen molar-refractivity contribution in [2.75, 3.05) is 43.9 Å². The van der Waals surface area contributed by atoms with Crippen LogP contribution in [0.15, 0.2) is 0 Å². The van der Waals surface area contributed by atoms with Gasteiger partial charge in [-0.1, -0.05) is 20.8 Å². The maximum absolute atomic E-state index is 12.0. The molecule has 1 unspecified atom stereocenters. The van der Waals surface area contributed by atoms with Crippen molar-refractivity contribution in [2.45, 2.75) is 45.4 Å². The SMILES string of the molecule is CCCNCC(CC)(CC)CN1CCSCC1S(C)(=O)=O. The number of nitrogens with zero attached hydrogens (tertiary/aromatic N) is 1. The summed E-state index contributed by atoms with van der Waals surface area (Å²) in [5.41, 5.74) is 0.181. The van der Waals surface area contributed by atoms with Crippen LogP contribution in [0.1, 0.15) is 40.0 Å². The van der Waals surface area contributed by atoms with Crippen molar-refractivity contribution in [1.82, 2.24) is 10.2 Å². The Morgan fingerprint density at radius 1 is 1.29 bits per heavy atom. The number of hydrogen-bond donors (Lipinski definition) is 1. The number of nitrogens with one attached hydrogen (secondary N) is 1. The molecular formula is C15H32N2O2S2. The zero-order valence-electron chi connectivity index (χ0n) is 14.0. The minimum absolute atomic E-state index is 0.181. The lowest BCUT2D eigenvalue weighted by Gasteiger charge is -2.42. The number of thioether (sulfide) groups is 1. The third kappa shape index (κ3) is 5.73. The lowest BCUT2D eigenvalue weighted by atomic mass is 9.81. The molecule has 0 bridgehead atoms. The molecule has 6 heteroatoms. The summed E-state index contributed by atoms with van der Waals surface area (Å²) >= 11 is 1.76. The molecule has 126 valence electrons. The van der Waals surface area contributed by atoms with Gasteiger partial charge in [0.25, 0.3) is 0 Å². The van der Waals surface area contributed by atoms with E-state index in [0.29, 0.717) is 5.75 Å². The molecule has 0 aromatic heterocycles. The largest absolute Gasteiger partial charge is 0.316 e. The maximum Gasteiger partial charge on any atom is 0.164 e. The van der Waals surface area contributed by atoms with Crippen LogP contribution in [0.25, 0.3) is 0 Å². The Kier molecular flexibility index (Phi) is 8.03. The monoisotopic (exact) mass is 336 g/mol. The fourth-order valence-corrected chi connectivity index (χ4v) is 5.87. The summed E-state index contributed by atoms with van der Waals surface area (Å²) in [6.07, 6.45) is 4.68. The van der Waals surface area contributed by atoms with Crippen molar-refractivity contribution in [3.63, 3.8) is 0 Å². The molecule has 0 radical (unpaired) electrons. The topological polar surface area (TPSA) is 49.4 Å². The maximum atomic E-state index is 12.0. The van der Waals surface area contributed by atoms with E-state index in [2.05, 4.69) is 31.0 Å². The van der Waals surface area contributed by atoms with Gasteiger partial charge in [-0.05, 0) is 31.2 Å². The van der Waals surface area contributed by atoms with Crippen LogP contribution in [0.5, 0.6) is 0 Å². The fourth-order valence-electron chi connectivity index (χ4n) is 2.93. The second kappa shape index (κ2) is 8.75. The molecule has 21 heavy (non-hydrogen) atoms. The van der Waals surface area contributed by atoms with Crippen molar-refractivity contribution in [3.05, 3.63) is 0 Å². The van der Waals surface area contributed by atoms with Gasteiger partial charge in [-0.15, -0.1) is 0 Å². The van der Waals surface area contributed by atoms with E-state index >= 15 is 0 Å². The van der Waals surface area contributed by atoms with Gasteiger partial charge in [-0.3, -0.25) is 4.90 Å². The first-order chi connectivity index (χ1) is 9.88. The molecule has 1 saturated heterocycles. The van der Waals surface area contributed by atoms with Crippen molar-refractivity contribution in [2.24, 2.45) is 5.41 Å². The first-order valence-electron chi connectivity index (χ1n) is 8.10. The predicted octanol–water partition coefficient (Wildman–Crippen LogP) is 2.21. The Morgan fingerprint density at radius 3 is 2.48 bits per heavy atom. The molecule has 1 fully saturated rings. The highest BCUT2D eigenvalue weighted by atomic mass is 32.2. The first kappa shape index (κ1) is 19.3. The Bertz CT molecular complexity index is 394. The van der Waals surface area contributed by atoms with Crippen LogP contribution in [0, 0.1) is 5.41 Å². The smallest absolute Gasteiger partial charge is 0.164 e. The molecule has 0 aromatic rings. The van der Waals surface area contributed by atoms with Crippen LogP contribution < -0.4 is 5.32 Å². The first-order valence-corrected chi connectivity index (χ1v) is 11.2. The van der Waals surface area contributed by atoms with E-state index in [1.165, 1.54) is 6.26 Å². The van der Waals surface area contributed by atoms with Crippen LogP contribution >= 0.6 is 11.8 Å². The van der Waals surface area contributed by atoms with Gasteiger partial charge < -0.3 is 5.32 Å².